The second-order valence-electron chi connectivity index (χ2n) is 8.03. The Morgan fingerprint density at radius 3 is 2.62 bits per heavy atom. The van der Waals surface area contributed by atoms with E-state index in [-0.39, 0.29) is 23.8 Å². The van der Waals surface area contributed by atoms with Crippen molar-refractivity contribution < 1.29 is 14.3 Å². The molecule has 29 heavy (non-hydrogen) atoms. The smallest absolute Gasteiger partial charge is 0.228 e. The zero-order chi connectivity index (χ0) is 20.2. The summed E-state index contributed by atoms with van der Waals surface area (Å²) in [5, 5.41) is 0. The molecular formula is C24H28N2O3. The van der Waals surface area contributed by atoms with Crippen LogP contribution in [0.3, 0.4) is 0 Å². The van der Waals surface area contributed by atoms with Crippen LogP contribution in [0.1, 0.15) is 30.4 Å². The number of ether oxygens (including phenoxy) is 1. The molecule has 3 aliphatic rings. The predicted octanol–water partition coefficient (Wildman–Crippen LogP) is 3.28. The van der Waals surface area contributed by atoms with E-state index in [1.54, 1.807) is 7.11 Å². The third-order valence-corrected chi connectivity index (χ3v) is 6.10. The molecule has 0 saturated carbocycles. The van der Waals surface area contributed by atoms with Gasteiger partial charge in [-0.1, -0.05) is 42.5 Å². The minimum Gasteiger partial charge on any atom is -0.497 e. The highest BCUT2D eigenvalue weighted by Crippen LogP contribution is 2.31. The molecule has 3 heterocycles. The van der Waals surface area contributed by atoms with Crippen molar-refractivity contribution in [2.45, 2.75) is 38.3 Å². The van der Waals surface area contributed by atoms with Crippen LogP contribution in [0.5, 0.6) is 5.75 Å². The van der Waals surface area contributed by atoms with Crippen LogP contribution in [0.4, 0.5) is 0 Å². The summed E-state index contributed by atoms with van der Waals surface area (Å²) in [6.45, 7) is 1.83. The van der Waals surface area contributed by atoms with Crippen LogP contribution in [0.15, 0.2) is 54.6 Å². The lowest BCUT2D eigenvalue weighted by Crippen LogP contribution is -2.47. The van der Waals surface area contributed by atoms with E-state index in [0.717, 1.165) is 29.7 Å². The molecule has 2 atom stereocenters. The quantitative estimate of drug-likeness (QED) is 0.758. The van der Waals surface area contributed by atoms with E-state index in [9.17, 15) is 9.59 Å². The minimum absolute atomic E-state index is 0.0711. The van der Waals surface area contributed by atoms with Gasteiger partial charge in [0, 0.05) is 32.1 Å². The number of hydrogen-bond acceptors (Lipinski definition) is 3. The molecule has 0 spiro atoms. The molecule has 3 saturated heterocycles. The second-order valence-corrected chi connectivity index (χ2v) is 8.03. The van der Waals surface area contributed by atoms with Crippen molar-refractivity contribution in [3.63, 3.8) is 0 Å². The van der Waals surface area contributed by atoms with Crippen molar-refractivity contribution in [3.8, 4) is 5.75 Å². The zero-order valence-corrected chi connectivity index (χ0v) is 16.9. The molecule has 2 aromatic carbocycles. The first-order valence-corrected chi connectivity index (χ1v) is 10.4. The number of carbonyl (C=O) groups excluding carboxylic acids is 2. The summed E-state index contributed by atoms with van der Waals surface area (Å²) in [6.07, 6.45) is 3.00. The SMILES string of the molecule is COc1cccc(CCC(=O)N2C[C@@H]3CC[C@H](C2)N(Cc2ccccc2)C3=O)c1. The maximum atomic E-state index is 13.0. The van der Waals surface area contributed by atoms with E-state index in [2.05, 4.69) is 12.1 Å². The number of benzene rings is 2. The van der Waals surface area contributed by atoms with Crippen LogP contribution in [0.25, 0.3) is 0 Å². The van der Waals surface area contributed by atoms with E-state index in [1.165, 1.54) is 0 Å². The average molecular weight is 392 g/mol. The molecule has 5 heteroatoms. The molecule has 2 amide bonds. The summed E-state index contributed by atoms with van der Waals surface area (Å²) in [6, 6.07) is 18.1. The summed E-state index contributed by atoms with van der Waals surface area (Å²) in [7, 11) is 1.65. The van der Waals surface area contributed by atoms with Crippen molar-refractivity contribution in [3.05, 3.63) is 65.7 Å². The molecule has 152 valence electrons. The van der Waals surface area contributed by atoms with Gasteiger partial charge in [-0.3, -0.25) is 9.59 Å². The number of piperidine rings is 1. The number of amides is 2. The maximum absolute atomic E-state index is 13.0. The van der Waals surface area contributed by atoms with E-state index in [4.69, 9.17) is 4.74 Å². The Hall–Kier alpha value is -2.82. The van der Waals surface area contributed by atoms with Crippen LogP contribution >= 0.6 is 0 Å². The van der Waals surface area contributed by atoms with E-state index in [0.29, 0.717) is 32.5 Å². The summed E-state index contributed by atoms with van der Waals surface area (Å²) < 4.78 is 5.26. The Balaban J connectivity index is 1.41. The topological polar surface area (TPSA) is 49.9 Å². The lowest BCUT2D eigenvalue weighted by Gasteiger charge is -2.36. The number of fused-ring (bicyclic) bond motifs is 4. The van der Waals surface area contributed by atoms with Crippen molar-refractivity contribution >= 4 is 11.8 Å². The summed E-state index contributed by atoms with van der Waals surface area (Å²) >= 11 is 0. The van der Waals surface area contributed by atoms with Gasteiger partial charge < -0.3 is 14.5 Å². The average Bonchev–Trinajstić information content (AvgIpc) is 3.05. The van der Waals surface area contributed by atoms with Crippen LogP contribution < -0.4 is 4.74 Å². The maximum Gasteiger partial charge on any atom is 0.228 e. The Kier molecular flexibility index (Phi) is 5.84. The highest BCUT2D eigenvalue weighted by Gasteiger charge is 2.41. The lowest BCUT2D eigenvalue weighted by atomic mass is 9.93. The van der Waals surface area contributed by atoms with Gasteiger partial charge in [0.25, 0.3) is 0 Å². The van der Waals surface area contributed by atoms with Crippen molar-refractivity contribution in [1.82, 2.24) is 9.80 Å². The molecule has 0 unspecified atom stereocenters. The van der Waals surface area contributed by atoms with Crippen molar-refractivity contribution in [2.24, 2.45) is 5.92 Å². The van der Waals surface area contributed by atoms with Gasteiger partial charge in [-0.25, -0.2) is 0 Å². The molecule has 0 aromatic heterocycles. The highest BCUT2D eigenvalue weighted by atomic mass is 16.5. The number of carbonyl (C=O) groups is 2. The fourth-order valence-corrected chi connectivity index (χ4v) is 4.47. The largest absolute Gasteiger partial charge is 0.497 e. The second kappa shape index (κ2) is 8.68. The Morgan fingerprint density at radius 2 is 1.83 bits per heavy atom. The molecule has 0 aliphatic carbocycles. The first kappa shape index (κ1) is 19.5. The fraction of sp³-hybridized carbons (Fsp3) is 0.417. The lowest BCUT2D eigenvalue weighted by molar-refractivity contribution is -0.140. The zero-order valence-electron chi connectivity index (χ0n) is 16.9. The first-order chi connectivity index (χ1) is 14.1. The van der Waals surface area contributed by atoms with Gasteiger partial charge >= 0.3 is 0 Å². The monoisotopic (exact) mass is 392 g/mol. The summed E-state index contributed by atoms with van der Waals surface area (Å²) in [5.74, 6) is 1.08. The third-order valence-electron chi connectivity index (χ3n) is 6.10. The number of nitrogens with zero attached hydrogens (tertiary/aromatic N) is 2. The van der Waals surface area contributed by atoms with Gasteiger partial charge in [-0.2, -0.15) is 0 Å². The first-order valence-electron chi connectivity index (χ1n) is 10.4. The number of methoxy groups -OCH3 is 1. The standard InChI is InChI=1S/C24H28N2O3/c1-29-22-9-5-8-18(14-22)10-13-23(27)25-16-20-11-12-21(17-25)26(24(20)28)15-19-6-3-2-4-7-19/h2-9,14,20-21H,10-13,15-17H2,1H3/t20-,21+/m0/s1. The minimum atomic E-state index is -0.0711. The molecule has 5 rings (SSSR count). The normalized spacial score (nSPS) is 21.2. The van der Waals surface area contributed by atoms with Gasteiger partial charge in [0.15, 0.2) is 0 Å². The molecule has 3 aliphatic heterocycles. The highest BCUT2D eigenvalue weighted by molar-refractivity contribution is 5.83. The third kappa shape index (κ3) is 4.44. The molecule has 0 radical (unpaired) electrons. The summed E-state index contributed by atoms with van der Waals surface area (Å²) in [4.78, 5) is 29.9. The van der Waals surface area contributed by atoms with Crippen molar-refractivity contribution in [2.75, 3.05) is 20.2 Å². The Bertz CT molecular complexity index is 867. The van der Waals surface area contributed by atoms with E-state index in [1.807, 2.05) is 52.3 Å². The van der Waals surface area contributed by atoms with Crippen LogP contribution in [0, 0.1) is 5.92 Å². The van der Waals surface area contributed by atoms with Crippen LogP contribution in [-0.4, -0.2) is 47.9 Å². The van der Waals surface area contributed by atoms with Gasteiger partial charge in [-0.05, 0) is 42.5 Å². The number of hydrogen-bond donors (Lipinski definition) is 0. The molecule has 3 fully saturated rings. The number of rotatable bonds is 6. The van der Waals surface area contributed by atoms with Crippen molar-refractivity contribution in [1.29, 1.82) is 0 Å². The van der Waals surface area contributed by atoms with Gasteiger partial charge in [0.2, 0.25) is 11.8 Å². The molecule has 0 N–H and O–H groups in total. The van der Waals surface area contributed by atoms with Crippen LogP contribution in [-0.2, 0) is 22.6 Å². The predicted molar refractivity (Wildman–Crippen MR) is 111 cm³/mol. The molecule has 5 nitrogen and oxygen atoms in total. The van der Waals surface area contributed by atoms with E-state index < -0.39 is 0 Å². The van der Waals surface area contributed by atoms with E-state index >= 15 is 0 Å². The van der Waals surface area contributed by atoms with Gasteiger partial charge in [0.1, 0.15) is 5.75 Å². The molecule has 2 aromatic rings. The Morgan fingerprint density at radius 1 is 1.03 bits per heavy atom. The van der Waals surface area contributed by atoms with Gasteiger partial charge in [0.05, 0.1) is 13.0 Å². The molecular weight excluding hydrogens is 364 g/mol. The molecule has 2 bridgehead atoms. The Labute approximate surface area is 172 Å². The fourth-order valence-electron chi connectivity index (χ4n) is 4.47. The summed E-state index contributed by atoms with van der Waals surface area (Å²) in [5.41, 5.74) is 2.24. The van der Waals surface area contributed by atoms with Gasteiger partial charge in [-0.15, -0.1) is 0 Å². The number of aryl methyl sites for hydroxylation is 1. The van der Waals surface area contributed by atoms with Crippen LogP contribution in [0.2, 0.25) is 0 Å².